The van der Waals surface area contributed by atoms with Gasteiger partial charge < -0.3 is 9.15 Å². The molecule has 2 aromatic carbocycles. The number of ether oxygens (including phenoxy) is 1. The summed E-state index contributed by atoms with van der Waals surface area (Å²) in [6.07, 6.45) is 0. The third kappa shape index (κ3) is 2.55. The summed E-state index contributed by atoms with van der Waals surface area (Å²) in [4.78, 5) is 0. The van der Waals surface area contributed by atoms with E-state index in [1.807, 2.05) is 36.4 Å². The highest BCUT2D eigenvalue weighted by atomic mass is 35.5. The first-order chi connectivity index (χ1) is 9.24. The maximum atomic E-state index is 6.06. The molecule has 0 atom stereocenters. The largest absolute Gasteiger partial charge is 0.484 e. The summed E-state index contributed by atoms with van der Waals surface area (Å²) in [6.45, 7) is 0.314. The van der Waals surface area contributed by atoms with Gasteiger partial charge in [0.05, 0.1) is 10.0 Å². The SMILES string of the molecule is Clc1ccccc1OCc1cc2cccc(Cl)c2o1. The topological polar surface area (TPSA) is 22.4 Å². The van der Waals surface area contributed by atoms with Gasteiger partial charge in [-0.15, -0.1) is 0 Å². The lowest BCUT2D eigenvalue weighted by molar-refractivity contribution is 0.274. The van der Waals surface area contributed by atoms with Crippen LogP contribution < -0.4 is 4.74 Å². The highest BCUT2D eigenvalue weighted by Crippen LogP contribution is 2.28. The zero-order valence-electron chi connectivity index (χ0n) is 9.90. The Kier molecular flexibility index (Phi) is 3.36. The number of hydrogen-bond donors (Lipinski definition) is 0. The first-order valence-corrected chi connectivity index (χ1v) is 6.54. The number of furan rings is 1. The van der Waals surface area contributed by atoms with Gasteiger partial charge in [0.2, 0.25) is 0 Å². The summed E-state index contributed by atoms with van der Waals surface area (Å²) in [5.41, 5.74) is 0.682. The molecule has 0 aliphatic rings. The lowest BCUT2D eigenvalue weighted by atomic mass is 10.2. The van der Waals surface area contributed by atoms with Crippen molar-refractivity contribution in [3.63, 3.8) is 0 Å². The van der Waals surface area contributed by atoms with Gasteiger partial charge >= 0.3 is 0 Å². The van der Waals surface area contributed by atoms with Crippen LogP contribution in [0.3, 0.4) is 0 Å². The number of halogens is 2. The second kappa shape index (κ2) is 5.16. The van der Waals surface area contributed by atoms with Crippen LogP contribution in [0, 0.1) is 0 Å². The summed E-state index contributed by atoms with van der Waals surface area (Å²) < 4.78 is 11.3. The molecule has 0 bridgehead atoms. The van der Waals surface area contributed by atoms with Crippen LogP contribution >= 0.6 is 23.2 Å². The normalized spacial score (nSPS) is 10.8. The van der Waals surface area contributed by atoms with E-state index in [0.29, 0.717) is 33.7 Å². The molecular weight excluding hydrogens is 283 g/mol. The fraction of sp³-hybridized carbons (Fsp3) is 0.0667. The zero-order valence-corrected chi connectivity index (χ0v) is 11.4. The summed E-state index contributed by atoms with van der Waals surface area (Å²) >= 11 is 12.1. The number of rotatable bonds is 3. The van der Waals surface area contributed by atoms with Crippen LogP contribution in [-0.2, 0) is 6.61 Å². The second-order valence-corrected chi connectivity index (χ2v) is 4.90. The first-order valence-electron chi connectivity index (χ1n) is 5.78. The van der Waals surface area contributed by atoms with Crippen LogP contribution in [0.2, 0.25) is 10.0 Å². The molecule has 0 N–H and O–H groups in total. The van der Waals surface area contributed by atoms with Gasteiger partial charge in [0, 0.05) is 5.39 Å². The minimum Gasteiger partial charge on any atom is -0.484 e. The average Bonchev–Trinajstić information content (AvgIpc) is 2.82. The number of para-hydroxylation sites is 2. The van der Waals surface area contributed by atoms with Gasteiger partial charge in [-0.25, -0.2) is 0 Å². The van der Waals surface area contributed by atoms with Gasteiger partial charge in [-0.2, -0.15) is 0 Å². The molecule has 19 heavy (non-hydrogen) atoms. The molecule has 2 nitrogen and oxygen atoms in total. The summed E-state index contributed by atoms with van der Waals surface area (Å²) in [5.74, 6) is 1.35. The Morgan fingerprint density at radius 2 is 1.74 bits per heavy atom. The van der Waals surface area contributed by atoms with Gasteiger partial charge in [-0.05, 0) is 24.3 Å². The van der Waals surface area contributed by atoms with Crippen LogP contribution in [0.15, 0.2) is 52.9 Å². The average molecular weight is 293 g/mol. The Hall–Kier alpha value is -1.64. The monoisotopic (exact) mass is 292 g/mol. The highest BCUT2D eigenvalue weighted by molar-refractivity contribution is 6.34. The fourth-order valence-electron chi connectivity index (χ4n) is 1.86. The molecule has 1 aromatic heterocycles. The van der Waals surface area contributed by atoms with Crippen molar-refractivity contribution in [3.8, 4) is 5.75 Å². The van der Waals surface area contributed by atoms with Crippen molar-refractivity contribution in [1.29, 1.82) is 0 Å². The van der Waals surface area contributed by atoms with Crippen LogP contribution in [0.5, 0.6) is 5.75 Å². The van der Waals surface area contributed by atoms with Crippen LogP contribution in [0.1, 0.15) is 5.76 Å². The molecule has 0 saturated heterocycles. The molecule has 0 aliphatic heterocycles. The smallest absolute Gasteiger partial charge is 0.153 e. The van der Waals surface area contributed by atoms with Gasteiger partial charge in [0.1, 0.15) is 18.1 Å². The molecule has 1 heterocycles. The Bertz CT molecular complexity index is 719. The molecule has 0 radical (unpaired) electrons. The Morgan fingerprint density at radius 3 is 2.53 bits per heavy atom. The first kappa shape index (κ1) is 12.4. The van der Waals surface area contributed by atoms with E-state index in [1.165, 1.54) is 0 Å². The molecule has 0 spiro atoms. The van der Waals surface area contributed by atoms with Crippen molar-refractivity contribution in [1.82, 2.24) is 0 Å². The van der Waals surface area contributed by atoms with Gasteiger partial charge in [0.15, 0.2) is 5.58 Å². The lowest BCUT2D eigenvalue weighted by Crippen LogP contribution is -1.93. The molecule has 0 saturated carbocycles. The molecule has 3 rings (SSSR count). The second-order valence-electron chi connectivity index (χ2n) is 4.09. The van der Waals surface area contributed by atoms with Crippen LogP contribution in [0.4, 0.5) is 0 Å². The molecular formula is C15H10Cl2O2. The molecule has 0 aliphatic carbocycles. The van der Waals surface area contributed by atoms with E-state index in [1.54, 1.807) is 12.1 Å². The Morgan fingerprint density at radius 1 is 0.947 bits per heavy atom. The summed E-state index contributed by atoms with van der Waals surface area (Å²) in [6, 6.07) is 14.9. The Labute approximate surface area is 120 Å². The maximum absolute atomic E-state index is 6.06. The van der Waals surface area contributed by atoms with Crippen molar-refractivity contribution in [2.75, 3.05) is 0 Å². The third-order valence-corrected chi connectivity index (χ3v) is 3.36. The lowest BCUT2D eigenvalue weighted by Gasteiger charge is -2.05. The van der Waals surface area contributed by atoms with Crippen molar-refractivity contribution in [2.45, 2.75) is 6.61 Å². The molecule has 4 heteroatoms. The van der Waals surface area contributed by atoms with Gasteiger partial charge in [0.25, 0.3) is 0 Å². The number of benzene rings is 2. The predicted molar refractivity (Wildman–Crippen MR) is 77.0 cm³/mol. The minimum atomic E-state index is 0.314. The van der Waals surface area contributed by atoms with E-state index in [9.17, 15) is 0 Å². The third-order valence-electron chi connectivity index (χ3n) is 2.75. The van der Waals surface area contributed by atoms with Crippen molar-refractivity contribution < 1.29 is 9.15 Å². The maximum Gasteiger partial charge on any atom is 0.153 e. The van der Waals surface area contributed by atoms with Crippen LogP contribution in [-0.4, -0.2) is 0 Å². The van der Waals surface area contributed by atoms with Crippen LogP contribution in [0.25, 0.3) is 11.0 Å². The van der Waals surface area contributed by atoms with E-state index >= 15 is 0 Å². The van der Waals surface area contributed by atoms with E-state index in [4.69, 9.17) is 32.4 Å². The number of hydrogen-bond acceptors (Lipinski definition) is 2. The molecule has 0 unspecified atom stereocenters. The van der Waals surface area contributed by atoms with E-state index in [-0.39, 0.29) is 0 Å². The minimum absolute atomic E-state index is 0.314. The van der Waals surface area contributed by atoms with Crippen molar-refractivity contribution in [2.24, 2.45) is 0 Å². The van der Waals surface area contributed by atoms with E-state index in [0.717, 1.165) is 5.39 Å². The predicted octanol–water partition coefficient (Wildman–Crippen LogP) is 5.32. The quantitative estimate of drug-likeness (QED) is 0.652. The fourth-order valence-corrected chi connectivity index (χ4v) is 2.27. The number of fused-ring (bicyclic) bond motifs is 1. The summed E-state index contributed by atoms with van der Waals surface area (Å²) in [5, 5.41) is 2.14. The standard InChI is InChI=1S/C15H10Cl2O2/c16-12-5-1-2-7-14(12)18-9-11-8-10-4-3-6-13(17)15(10)19-11/h1-8H,9H2. The zero-order chi connectivity index (χ0) is 13.2. The van der Waals surface area contributed by atoms with Crippen molar-refractivity contribution in [3.05, 3.63) is 64.3 Å². The molecule has 3 aromatic rings. The molecule has 96 valence electrons. The van der Waals surface area contributed by atoms with Gasteiger partial charge in [-0.3, -0.25) is 0 Å². The summed E-state index contributed by atoms with van der Waals surface area (Å²) in [7, 11) is 0. The van der Waals surface area contributed by atoms with E-state index in [2.05, 4.69) is 0 Å². The van der Waals surface area contributed by atoms with Gasteiger partial charge in [-0.1, -0.05) is 47.5 Å². The van der Waals surface area contributed by atoms with E-state index < -0.39 is 0 Å². The molecule has 0 fully saturated rings. The molecule has 0 amide bonds. The van der Waals surface area contributed by atoms with Crippen molar-refractivity contribution >= 4 is 34.2 Å². The highest BCUT2D eigenvalue weighted by Gasteiger charge is 2.08. The Balaban J connectivity index is 1.83.